The Morgan fingerprint density at radius 2 is 1.44 bits per heavy atom. The van der Waals surface area contributed by atoms with Crippen molar-refractivity contribution in [1.82, 2.24) is 0 Å². The summed E-state index contributed by atoms with van der Waals surface area (Å²) in [5.74, 6) is 0. The zero-order valence-electron chi connectivity index (χ0n) is 11.7. The third-order valence-electron chi connectivity index (χ3n) is 3.66. The van der Waals surface area contributed by atoms with Crippen LogP contribution in [-0.4, -0.2) is 23.4 Å². The monoisotopic (exact) mass is 250 g/mol. The summed E-state index contributed by atoms with van der Waals surface area (Å²) in [5.41, 5.74) is 5.63. The van der Waals surface area contributed by atoms with Crippen molar-refractivity contribution >= 4 is 0 Å². The summed E-state index contributed by atoms with van der Waals surface area (Å²) in [5, 5.41) is 17.7. The largest absolute Gasteiger partial charge is 0.396 e. The molecular formula is C16H26O2. The smallest absolute Gasteiger partial charge is 0.0431 e. The molecule has 0 bridgehead atoms. The predicted molar refractivity (Wildman–Crippen MR) is 76.0 cm³/mol. The van der Waals surface area contributed by atoms with Gasteiger partial charge in [0.1, 0.15) is 0 Å². The fraction of sp³-hybridized carbons (Fsp3) is 0.625. The van der Waals surface area contributed by atoms with Gasteiger partial charge in [0.25, 0.3) is 0 Å². The summed E-state index contributed by atoms with van der Waals surface area (Å²) < 4.78 is 0. The number of unbranched alkanes of at least 4 members (excludes halogenated alkanes) is 2. The Balaban J connectivity index is 2.76. The maximum atomic E-state index is 8.88. The molecule has 18 heavy (non-hydrogen) atoms. The SMILES string of the molecule is Cc1ccc(CCCCO)c(CCCCO)c1C. The van der Waals surface area contributed by atoms with Crippen LogP contribution in [0.5, 0.6) is 0 Å². The molecule has 0 atom stereocenters. The lowest BCUT2D eigenvalue weighted by Crippen LogP contribution is -2.01. The van der Waals surface area contributed by atoms with Gasteiger partial charge < -0.3 is 10.2 Å². The standard InChI is InChI=1S/C16H26O2/c1-13-9-10-15(7-3-5-11-17)16(14(13)2)8-4-6-12-18/h9-10,17-18H,3-8,11-12H2,1-2H3. The molecule has 0 aliphatic carbocycles. The minimum absolute atomic E-state index is 0.282. The van der Waals surface area contributed by atoms with E-state index in [-0.39, 0.29) is 13.2 Å². The number of hydrogen-bond acceptors (Lipinski definition) is 2. The minimum Gasteiger partial charge on any atom is -0.396 e. The van der Waals surface area contributed by atoms with Gasteiger partial charge >= 0.3 is 0 Å². The van der Waals surface area contributed by atoms with Gasteiger partial charge in [0.2, 0.25) is 0 Å². The summed E-state index contributed by atoms with van der Waals surface area (Å²) in [6, 6.07) is 4.42. The highest BCUT2D eigenvalue weighted by atomic mass is 16.3. The molecule has 0 unspecified atom stereocenters. The van der Waals surface area contributed by atoms with Gasteiger partial charge in [-0.25, -0.2) is 0 Å². The summed E-state index contributed by atoms with van der Waals surface area (Å²) in [4.78, 5) is 0. The molecule has 0 aliphatic heterocycles. The van der Waals surface area contributed by atoms with Crippen molar-refractivity contribution in [2.24, 2.45) is 0 Å². The first-order valence-corrected chi connectivity index (χ1v) is 7.00. The van der Waals surface area contributed by atoms with Crippen molar-refractivity contribution in [2.45, 2.75) is 52.4 Å². The van der Waals surface area contributed by atoms with Crippen molar-refractivity contribution in [3.63, 3.8) is 0 Å². The summed E-state index contributed by atoms with van der Waals surface area (Å²) in [7, 11) is 0. The van der Waals surface area contributed by atoms with Crippen LogP contribution < -0.4 is 0 Å². The number of hydrogen-bond donors (Lipinski definition) is 2. The van der Waals surface area contributed by atoms with Crippen LogP contribution in [0.3, 0.4) is 0 Å². The number of benzene rings is 1. The molecule has 0 aliphatic rings. The van der Waals surface area contributed by atoms with Crippen molar-refractivity contribution in [1.29, 1.82) is 0 Å². The Bertz CT molecular complexity index is 358. The predicted octanol–water partition coefficient (Wildman–Crippen LogP) is 2.93. The van der Waals surface area contributed by atoms with Crippen LogP contribution in [0.2, 0.25) is 0 Å². The Labute approximate surface area is 111 Å². The average molecular weight is 250 g/mol. The lowest BCUT2D eigenvalue weighted by Gasteiger charge is -2.15. The van der Waals surface area contributed by atoms with Gasteiger partial charge in [0.05, 0.1) is 0 Å². The molecule has 0 heterocycles. The molecule has 2 nitrogen and oxygen atoms in total. The van der Waals surface area contributed by atoms with Gasteiger partial charge in [-0.1, -0.05) is 12.1 Å². The highest BCUT2D eigenvalue weighted by Crippen LogP contribution is 2.22. The average Bonchev–Trinajstić information content (AvgIpc) is 2.37. The molecule has 0 fully saturated rings. The topological polar surface area (TPSA) is 40.5 Å². The van der Waals surface area contributed by atoms with Crippen molar-refractivity contribution in [3.05, 3.63) is 34.4 Å². The lowest BCUT2D eigenvalue weighted by molar-refractivity contribution is 0.283. The Hall–Kier alpha value is -0.860. The lowest BCUT2D eigenvalue weighted by atomic mass is 9.91. The summed E-state index contributed by atoms with van der Waals surface area (Å²) in [6.45, 7) is 4.91. The molecule has 1 rings (SSSR count). The molecule has 2 heteroatoms. The van der Waals surface area contributed by atoms with E-state index in [9.17, 15) is 0 Å². The molecule has 1 aromatic rings. The van der Waals surface area contributed by atoms with E-state index in [0.717, 1.165) is 38.5 Å². The quantitative estimate of drug-likeness (QED) is 0.696. The fourth-order valence-corrected chi connectivity index (χ4v) is 2.35. The third kappa shape index (κ3) is 4.43. The molecule has 1 aromatic carbocycles. The zero-order valence-corrected chi connectivity index (χ0v) is 11.7. The van der Waals surface area contributed by atoms with Gasteiger partial charge in [0, 0.05) is 13.2 Å². The maximum Gasteiger partial charge on any atom is 0.0431 e. The van der Waals surface area contributed by atoms with Crippen LogP contribution >= 0.6 is 0 Å². The van der Waals surface area contributed by atoms with E-state index < -0.39 is 0 Å². The van der Waals surface area contributed by atoms with E-state index in [0.29, 0.717) is 0 Å². The number of aryl methyl sites for hydroxylation is 2. The summed E-state index contributed by atoms with van der Waals surface area (Å²) >= 11 is 0. The fourth-order valence-electron chi connectivity index (χ4n) is 2.35. The van der Waals surface area contributed by atoms with Gasteiger partial charge in [-0.15, -0.1) is 0 Å². The van der Waals surface area contributed by atoms with Crippen LogP contribution in [0.1, 0.15) is 47.9 Å². The molecule has 102 valence electrons. The first kappa shape index (κ1) is 15.2. The number of aliphatic hydroxyl groups excluding tert-OH is 2. The van der Waals surface area contributed by atoms with Crippen LogP contribution in [0, 0.1) is 13.8 Å². The molecule has 0 saturated heterocycles. The van der Waals surface area contributed by atoms with Crippen molar-refractivity contribution in [3.8, 4) is 0 Å². The molecule has 0 aromatic heterocycles. The van der Waals surface area contributed by atoms with E-state index in [1.807, 2.05) is 0 Å². The van der Waals surface area contributed by atoms with E-state index in [2.05, 4.69) is 26.0 Å². The summed E-state index contributed by atoms with van der Waals surface area (Å²) in [6.07, 6.45) is 5.96. The van der Waals surface area contributed by atoms with E-state index in [4.69, 9.17) is 10.2 Å². The van der Waals surface area contributed by atoms with Gasteiger partial charge in [-0.05, 0) is 74.6 Å². The van der Waals surface area contributed by atoms with Crippen molar-refractivity contribution in [2.75, 3.05) is 13.2 Å². The Morgan fingerprint density at radius 3 is 2.06 bits per heavy atom. The highest BCUT2D eigenvalue weighted by molar-refractivity contribution is 5.40. The highest BCUT2D eigenvalue weighted by Gasteiger charge is 2.07. The molecule has 0 amide bonds. The van der Waals surface area contributed by atoms with Gasteiger partial charge in [-0.2, -0.15) is 0 Å². The van der Waals surface area contributed by atoms with Crippen LogP contribution in [-0.2, 0) is 12.8 Å². The Morgan fingerprint density at radius 1 is 0.833 bits per heavy atom. The van der Waals surface area contributed by atoms with E-state index in [1.165, 1.54) is 22.3 Å². The minimum atomic E-state index is 0.282. The maximum absolute atomic E-state index is 8.88. The van der Waals surface area contributed by atoms with Crippen molar-refractivity contribution < 1.29 is 10.2 Å². The molecule has 0 saturated carbocycles. The van der Waals surface area contributed by atoms with Gasteiger partial charge in [-0.3, -0.25) is 0 Å². The molecule has 0 spiro atoms. The number of rotatable bonds is 8. The van der Waals surface area contributed by atoms with Gasteiger partial charge in [0.15, 0.2) is 0 Å². The first-order chi connectivity index (χ1) is 8.70. The first-order valence-electron chi connectivity index (χ1n) is 7.00. The third-order valence-corrected chi connectivity index (χ3v) is 3.66. The second-order valence-corrected chi connectivity index (χ2v) is 5.01. The molecule has 0 radical (unpaired) electrons. The molecular weight excluding hydrogens is 224 g/mol. The van der Waals surface area contributed by atoms with Crippen LogP contribution in [0.15, 0.2) is 12.1 Å². The van der Waals surface area contributed by atoms with E-state index >= 15 is 0 Å². The van der Waals surface area contributed by atoms with Crippen LogP contribution in [0.25, 0.3) is 0 Å². The molecule has 2 N–H and O–H groups in total. The second kappa shape index (κ2) is 8.28. The number of aliphatic hydroxyl groups is 2. The van der Waals surface area contributed by atoms with Crippen LogP contribution in [0.4, 0.5) is 0 Å². The normalized spacial score (nSPS) is 10.9. The van der Waals surface area contributed by atoms with E-state index in [1.54, 1.807) is 0 Å². The Kier molecular flexibility index (Phi) is 6.99. The zero-order chi connectivity index (χ0) is 13.4. The second-order valence-electron chi connectivity index (χ2n) is 5.01.